The lowest BCUT2D eigenvalue weighted by atomic mass is 10.2. The number of thiazole rings is 1. The summed E-state index contributed by atoms with van der Waals surface area (Å²) in [7, 11) is 0. The highest BCUT2D eigenvalue weighted by Crippen LogP contribution is 2.28. The molecule has 0 spiro atoms. The minimum absolute atomic E-state index is 0.0360. The summed E-state index contributed by atoms with van der Waals surface area (Å²) in [5, 5.41) is 2.74. The molecular formula is C19H14N2O2S. The van der Waals surface area contributed by atoms with Gasteiger partial charge in [-0.05, 0) is 23.8 Å². The highest BCUT2D eigenvalue weighted by Gasteiger charge is 2.09. The SMILES string of the molecule is O=c1cc(-c2nc(-c3ccco3)cs2)ccn1Cc1ccccc1. The van der Waals surface area contributed by atoms with Crippen LogP contribution in [0.3, 0.4) is 0 Å². The fraction of sp³-hybridized carbons (Fsp3) is 0.0526. The molecule has 24 heavy (non-hydrogen) atoms. The van der Waals surface area contributed by atoms with Crippen LogP contribution in [0.1, 0.15) is 5.56 Å². The maximum Gasteiger partial charge on any atom is 0.251 e. The Labute approximate surface area is 142 Å². The van der Waals surface area contributed by atoms with E-state index in [4.69, 9.17) is 4.42 Å². The Kier molecular flexibility index (Phi) is 3.84. The number of furan rings is 1. The summed E-state index contributed by atoms with van der Waals surface area (Å²) in [6, 6.07) is 17.2. The first-order valence-electron chi connectivity index (χ1n) is 7.54. The molecular weight excluding hydrogens is 320 g/mol. The topological polar surface area (TPSA) is 48.0 Å². The predicted molar refractivity (Wildman–Crippen MR) is 95.1 cm³/mol. The van der Waals surface area contributed by atoms with Gasteiger partial charge in [-0.25, -0.2) is 4.98 Å². The third-order valence-corrected chi connectivity index (χ3v) is 4.61. The van der Waals surface area contributed by atoms with Crippen LogP contribution < -0.4 is 5.56 Å². The van der Waals surface area contributed by atoms with E-state index in [1.807, 2.05) is 60.1 Å². The van der Waals surface area contributed by atoms with Crippen LogP contribution in [0.15, 0.2) is 81.6 Å². The summed E-state index contributed by atoms with van der Waals surface area (Å²) in [6.07, 6.45) is 3.44. The van der Waals surface area contributed by atoms with Crippen molar-refractivity contribution >= 4 is 11.3 Å². The first-order valence-corrected chi connectivity index (χ1v) is 8.42. The highest BCUT2D eigenvalue weighted by atomic mass is 32.1. The Hall–Kier alpha value is -2.92. The molecule has 0 saturated heterocycles. The maximum absolute atomic E-state index is 12.4. The van der Waals surface area contributed by atoms with Gasteiger partial charge in [-0.15, -0.1) is 11.3 Å². The van der Waals surface area contributed by atoms with Gasteiger partial charge < -0.3 is 8.98 Å². The molecule has 0 aliphatic heterocycles. The normalized spacial score (nSPS) is 10.8. The van der Waals surface area contributed by atoms with Crippen LogP contribution in [0, 0.1) is 0 Å². The summed E-state index contributed by atoms with van der Waals surface area (Å²) in [4.78, 5) is 16.9. The second-order valence-corrected chi connectivity index (χ2v) is 6.24. The van der Waals surface area contributed by atoms with Crippen molar-refractivity contribution in [3.63, 3.8) is 0 Å². The average molecular weight is 334 g/mol. The van der Waals surface area contributed by atoms with E-state index < -0.39 is 0 Å². The van der Waals surface area contributed by atoms with Crippen LogP contribution >= 0.6 is 11.3 Å². The second-order valence-electron chi connectivity index (χ2n) is 5.38. The predicted octanol–water partition coefficient (Wildman–Crippen LogP) is 4.28. The van der Waals surface area contributed by atoms with Crippen molar-refractivity contribution in [2.24, 2.45) is 0 Å². The van der Waals surface area contributed by atoms with Crippen molar-refractivity contribution in [2.45, 2.75) is 6.54 Å². The largest absolute Gasteiger partial charge is 0.463 e. The van der Waals surface area contributed by atoms with Crippen molar-refractivity contribution in [1.29, 1.82) is 0 Å². The fourth-order valence-corrected chi connectivity index (χ4v) is 3.30. The summed E-state index contributed by atoms with van der Waals surface area (Å²) < 4.78 is 7.05. The number of rotatable bonds is 4. The molecule has 0 N–H and O–H groups in total. The van der Waals surface area contributed by atoms with Crippen molar-refractivity contribution in [3.8, 4) is 22.0 Å². The van der Waals surface area contributed by atoms with Crippen LogP contribution in [0.5, 0.6) is 0 Å². The second kappa shape index (κ2) is 6.29. The standard InChI is InChI=1S/C19H14N2O2S/c22-18-11-15(8-9-21(18)12-14-5-2-1-3-6-14)19-20-16(13-24-19)17-7-4-10-23-17/h1-11,13H,12H2. The molecule has 3 aromatic heterocycles. The Balaban J connectivity index is 1.61. The Morgan fingerprint density at radius 2 is 1.96 bits per heavy atom. The van der Waals surface area contributed by atoms with Crippen molar-refractivity contribution in [3.05, 3.63) is 88.4 Å². The van der Waals surface area contributed by atoms with Crippen LogP contribution in [0.25, 0.3) is 22.0 Å². The van der Waals surface area contributed by atoms with Crippen LogP contribution in [-0.4, -0.2) is 9.55 Å². The van der Waals surface area contributed by atoms with Crippen LogP contribution in [-0.2, 0) is 6.54 Å². The highest BCUT2D eigenvalue weighted by molar-refractivity contribution is 7.13. The van der Waals surface area contributed by atoms with Gasteiger partial charge in [0.15, 0.2) is 5.76 Å². The molecule has 0 fully saturated rings. The molecule has 5 heteroatoms. The number of hydrogen-bond donors (Lipinski definition) is 0. The molecule has 4 rings (SSSR count). The number of nitrogens with zero attached hydrogens (tertiary/aromatic N) is 2. The Morgan fingerprint density at radius 1 is 1.08 bits per heavy atom. The molecule has 3 heterocycles. The fourth-order valence-electron chi connectivity index (χ4n) is 2.50. The Bertz CT molecular complexity index is 1000. The summed E-state index contributed by atoms with van der Waals surface area (Å²) in [5.74, 6) is 0.731. The average Bonchev–Trinajstić information content (AvgIpc) is 3.29. The van der Waals surface area contributed by atoms with E-state index in [1.165, 1.54) is 11.3 Å². The molecule has 0 radical (unpaired) electrons. The lowest BCUT2D eigenvalue weighted by Crippen LogP contribution is -2.19. The van der Waals surface area contributed by atoms with E-state index in [-0.39, 0.29) is 5.56 Å². The van der Waals surface area contributed by atoms with E-state index in [0.29, 0.717) is 6.54 Å². The third kappa shape index (κ3) is 2.94. The molecule has 4 nitrogen and oxygen atoms in total. The zero-order chi connectivity index (χ0) is 16.4. The molecule has 0 atom stereocenters. The van der Waals surface area contributed by atoms with Gasteiger partial charge in [0.25, 0.3) is 5.56 Å². The van der Waals surface area contributed by atoms with Gasteiger partial charge in [-0.1, -0.05) is 30.3 Å². The van der Waals surface area contributed by atoms with Gasteiger partial charge in [0.2, 0.25) is 0 Å². The van der Waals surface area contributed by atoms with E-state index in [9.17, 15) is 4.79 Å². The molecule has 0 aliphatic rings. The molecule has 0 bridgehead atoms. The molecule has 4 aromatic rings. The van der Waals surface area contributed by atoms with Crippen molar-refractivity contribution < 1.29 is 4.42 Å². The minimum Gasteiger partial charge on any atom is -0.463 e. The first kappa shape index (κ1) is 14.7. The lowest BCUT2D eigenvalue weighted by molar-refractivity contribution is 0.580. The summed E-state index contributed by atoms with van der Waals surface area (Å²) >= 11 is 1.50. The van der Waals surface area contributed by atoms with Gasteiger partial charge >= 0.3 is 0 Å². The Morgan fingerprint density at radius 3 is 2.71 bits per heavy atom. The third-order valence-electron chi connectivity index (χ3n) is 3.72. The molecule has 0 unspecified atom stereocenters. The monoisotopic (exact) mass is 334 g/mol. The lowest BCUT2D eigenvalue weighted by Gasteiger charge is -2.06. The molecule has 0 saturated carbocycles. The molecule has 118 valence electrons. The molecule has 1 aromatic carbocycles. The van der Waals surface area contributed by atoms with E-state index in [0.717, 1.165) is 27.6 Å². The van der Waals surface area contributed by atoms with E-state index in [2.05, 4.69) is 4.98 Å². The van der Waals surface area contributed by atoms with Crippen LogP contribution in [0.4, 0.5) is 0 Å². The van der Waals surface area contributed by atoms with Gasteiger partial charge in [0.05, 0.1) is 12.8 Å². The number of hydrogen-bond acceptors (Lipinski definition) is 4. The van der Waals surface area contributed by atoms with Gasteiger partial charge in [-0.3, -0.25) is 4.79 Å². The van der Waals surface area contributed by atoms with Crippen molar-refractivity contribution in [2.75, 3.05) is 0 Å². The zero-order valence-electron chi connectivity index (χ0n) is 12.8. The first-order chi connectivity index (χ1) is 11.8. The van der Waals surface area contributed by atoms with Gasteiger partial charge in [-0.2, -0.15) is 0 Å². The number of aromatic nitrogens is 2. The molecule has 0 aliphatic carbocycles. The number of pyridine rings is 1. The van der Waals surface area contributed by atoms with Crippen molar-refractivity contribution in [1.82, 2.24) is 9.55 Å². The minimum atomic E-state index is -0.0360. The van der Waals surface area contributed by atoms with Gasteiger partial charge in [0.1, 0.15) is 10.7 Å². The summed E-state index contributed by atoms with van der Waals surface area (Å²) in [6.45, 7) is 0.565. The van der Waals surface area contributed by atoms with Crippen LogP contribution in [0.2, 0.25) is 0 Å². The van der Waals surface area contributed by atoms with E-state index >= 15 is 0 Å². The van der Waals surface area contributed by atoms with Gasteiger partial charge in [0, 0.05) is 23.2 Å². The summed E-state index contributed by atoms with van der Waals surface area (Å²) in [5.41, 5.74) is 2.67. The smallest absolute Gasteiger partial charge is 0.251 e. The maximum atomic E-state index is 12.4. The van der Waals surface area contributed by atoms with E-state index in [1.54, 1.807) is 16.9 Å². The number of benzene rings is 1. The zero-order valence-corrected chi connectivity index (χ0v) is 13.6. The molecule has 0 amide bonds. The quantitative estimate of drug-likeness (QED) is 0.560.